The molecule has 0 amide bonds. The summed E-state index contributed by atoms with van der Waals surface area (Å²) in [5, 5.41) is 2.67. The molecule has 110 valence electrons. The van der Waals surface area contributed by atoms with Gasteiger partial charge in [0.2, 0.25) is 9.04 Å². The minimum Gasteiger partial charge on any atom is -0.411 e. The van der Waals surface area contributed by atoms with Crippen molar-refractivity contribution in [1.82, 2.24) is 0 Å². The van der Waals surface area contributed by atoms with Gasteiger partial charge in [0.25, 0.3) is 0 Å². The molecule has 3 aromatic rings. The van der Waals surface area contributed by atoms with Crippen LogP contribution in [0.2, 0.25) is 0 Å². The maximum Gasteiger partial charge on any atom is 0.239 e. The fraction of sp³-hybridized carbons (Fsp3) is 0.100. The highest BCUT2D eigenvalue weighted by Crippen LogP contribution is 2.01. The molecule has 3 aromatic carbocycles. The lowest BCUT2D eigenvalue weighted by molar-refractivity contribution is 0.338. The largest absolute Gasteiger partial charge is 0.411 e. The first-order valence-electron chi connectivity index (χ1n) is 7.69. The Hall–Kier alpha value is -2.16. The van der Waals surface area contributed by atoms with E-state index in [0.717, 1.165) is 13.0 Å². The third-order valence-electron chi connectivity index (χ3n) is 3.72. The lowest BCUT2D eigenvalue weighted by atomic mass is 10.2. The summed E-state index contributed by atoms with van der Waals surface area (Å²) >= 11 is 0. The van der Waals surface area contributed by atoms with Gasteiger partial charge in [-0.2, -0.15) is 0 Å². The van der Waals surface area contributed by atoms with Crippen LogP contribution in [-0.4, -0.2) is 15.6 Å². The van der Waals surface area contributed by atoms with Gasteiger partial charge in [-0.1, -0.05) is 91.0 Å². The maximum absolute atomic E-state index is 6.36. The number of benzene rings is 3. The molecule has 0 bridgehead atoms. The molecular formula is C20H20OSi. The average Bonchev–Trinajstić information content (AvgIpc) is 2.61. The van der Waals surface area contributed by atoms with Crippen molar-refractivity contribution in [3.05, 3.63) is 96.6 Å². The van der Waals surface area contributed by atoms with Gasteiger partial charge >= 0.3 is 0 Å². The molecule has 0 saturated carbocycles. The van der Waals surface area contributed by atoms with E-state index in [1.165, 1.54) is 15.9 Å². The van der Waals surface area contributed by atoms with E-state index in [9.17, 15) is 0 Å². The highest BCUT2D eigenvalue weighted by Gasteiger charge is 2.16. The highest BCUT2D eigenvalue weighted by atomic mass is 28.3. The fourth-order valence-electron chi connectivity index (χ4n) is 2.58. The second-order valence-electron chi connectivity index (χ2n) is 5.31. The Bertz CT molecular complexity index is 628. The molecule has 0 fully saturated rings. The number of rotatable bonds is 6. The molecule has 0 aliphatic rings. The van der Waals surface area contributed by atoms with E-state index in [4.69, 9.17) is 4.43 Å². The summed E-state index contributed by atoms with van der Waals surface area (Å²) in [5.41, 5.74) is 1.33. The zero-order chi connectivity index (χ0) is 15.0. The number of hydrogen-bond acceptors (Lipinski definition) is 1. The monoisotopic (exact) mass is 304 g/mol. The van der Waals surface area contributed by atoms with Crippen LogP contribution in [0.25, 0.3) is 0 Å². The first kappa shape index (κ1) is 14.8. The molecule has 0 aliphatic heterocycles. The van der Waals surface area contributed by atoms with Gasteiger partial charge in [0.1, 0.15) is 0 Å². The Balaban J connectivity index is 1.72. The molecule has 0 N–H and O–H groups in total. The van der Waals surface area contributed by atoms with Crippen molar-refractivity contribution < 1.29 is 4.43 Å². The first-order valence-corrected chi connectivity index (χ1v) is 9.31. The van der Waals surface area contributed by atoms with Gasteiger partial charge in [0.05, 0.1) is 0 Å². The second-order valence-corrected chi connectivity index (χ2v) is 7.73. The molecule has 0 heterocycles. The zero-order valence-corrected chi connectivity index (χ0v) is 13.7. The van der Waals surface area contributed by atoms with E-state index in [1.54, 1.807) is 0 Å². The Kier molecular flexibility index (Phi) is 5.19. The molecular weight excluding hydrogens is 284 g/mol. The third-order valence-corrected chi connectivity index (χ3v) is 6.27. The van der Waals surface area contributed by atoms with Crippen molar-refractivity contribution >= 4 is 19.4 Å². The third kappa shape index (κ3) is 3.94. The SMILES string of the molecule is c1ccc(CCO[SiH](c2ccccc2)c2ccccc2)cc1. The van der Waals surface area contributed by atoms with Crippen molar-refractivity contribution in [2.45, 2.75) is 6.42 Å². The predicted octanol–water partition coefficient (Wildman–Crippen LogP) is 2.78. The summed E-state index contributed by atoms with van der Waals surface area (Å²) in [5.74, 6) is 0. The normalized spacial score (nSPS) is 10.8. The molecule has 1 nitrogen and oxygen atoms in total. The van der Waals surface area contributed by atoms with Crippen molar-refractivity contribution in [2.24, 2.45) is 0 Å². The van der Waals surface area contributed by atoms with Gasteiger partial charge in [-0.3, -0.25) is 0 Å². The topological polar surface area (TPSA) is 9.23 Å². The van der Waals surface area contributed by atoms with Gasteiger partial charge in [-0.05, 0) is 22.4 Å². The Morgan fingerprint density at radius 1 is 0.591 bits per heavy atom. The van der Waals surface area contributed by atoms with Crippen molar-refractivity contribution in [3.63, 3.8) is 0 Å². The van der Waals surface area contributed by atoms with Crippen molar-refractivity contribution in [2.75, 3.05) is 6.61 Å². The lowest BCUT2D eigenvalue weighted by Crippen LogP contribution is -2.45. The van der Waals surface area contributed by atoms with Crippen molar-refractivity contribution in [3.8, 4) is 0 Å². The molecule has 3 rings (SSSR count). The van der Waals surface area contributed by atoms with Crippen LogP contribution >= 0.6 is 0 Å². The second kappa shape index (κ2) is 7.73. The smallest absolute Gasteiger partial charge is 0.239 e. The van der Waals surface area contributed by atoms with E-state index in [-0.39, 0.29) is 0 Å². The molecule has 0 saturated heterocycles. The van der Waals surface area contributed by atoms with E-state index < -0.39 is 9.04 Å². The number of hydrogen-bond donors (Lipinski definition) is 0. The minimum absolute atomic E-state index is 0.769. The van der Waals surface area contributed by atoms with E-state index in [0.29, 0.717) is 0 Å². The average molecular weight is 304 g/mol. The van der Waals surface area contributed by atoms with Crippen LogP contribution in [0.1, 0.15) is 5.56 Å². The first-order chi connectivity index (χ1) is 10.9. The van der Waals surface area contributed by atoms with Crippen LogP contribution in [0.5, 0.6) is 0 Å². The van der Waals surface area contributed by atoms with Crippen molar-refractivity contribution in [1.29, 1.82) is 0 Å². The van der Waals surface area contributed by atoms with Gasteiger partial charge in [-0.25, -0.2) is 0 Å². The molecule has 0 unspecified atom stereocenters. The van der Waals surface area contributed by atoms with Crippen LogP contribution in [-0.2, 0) is 10.8 Å². The van der Waals surface area contributed by atoms with Crippen LogP contribution in [0.15, 0.2) is 91.0 Å². The Morgan fingerprint density at radius 3 is 1.55 bits per heavy atom. The summed E-state index contributed by atoms with van der Waals surface area (Å²) in [6.45, 7) is 0.769. The molecule has 22 heavy (non-hydrogen) atoms. The zero-order valence-electron chi connectivity index (χ0n) is 12.6. The molecule has 0 atom stereocenters. The van der Waals surface area contributed by atoms with Crippen LogP contribution in [0, 0.1) is 0 Å². The van der Waals surface area contributed by atoms with E-state index in [1.807, 2.05) is 0 Å². The summed E-state index contributed by atoms with van der Waals surface area (Å²) in [6.07, 6.45) is 0.962. The standard InChI is InChI=1S/C20H20OSi/c1-4-10-18(11-5-1)16-17-21-22(19-12-6-2-7-13-19)20-14-8-3-9-15-20/h1-15,22H,16-17H2. The predicted molar refractivity (Wildman–Crippen MR) is 95.4 cm³/mol. The molecule has 0 aliphatic carbocycles. The highest BCUT2D eigenvalue weighted by molar-refractivity contribution is 6.80. The van der Waals surface area contributed by atoms with Gasteiger partial charge in [0.15, 0.2) is 0 Å². The minimum atomic E-state index is -1.59. The fourth-order valence-corrected chi connectivity index (χ4v) is 4.85. The van der Waals surface area contributed by atoms with E-state index in [2.05, 4.69) is 91.0 Å². The van der Waals surface area contributed by atoms with Gasteiger partial charge < -0.3 is 4.43 Å². The molecule has 0 spiro atoms. The molecule has 2 heteroatoms. The summed E-state index contributed by atoms with van der Waals surface area (Å²) in [4.78, 5) is 0. The quantitative estimate of drug-likeness (QED) is 0.636. The van der Waals surface area contributed by atoms with Crippen LogP contribution in [0.3, 0.4) is 0 Å². The molecule has 0 radical (unpaired) electrons. The van der Waals surface area contributed by atoms with Crippen LogP contribution < -0.4 is 10.4 Å². The van der Waals surface area contributed by atoms with Crippen LogP contribution in [0.4, 0.5) is 0 Å². The van der Waals surface area contributed by atoms with Gasteiger partial charge in [0, 0.05) is 6.61 Å². The maximum atomic E-state index is 6.36. The summed E-state index contributed by atoms with van der Waals surface area (Å²) in [7, 11) is -1.59. The van der Waals surface area contributed by atoms with E-state index >= 15 is 0 Å². The summed E-state index contributed by atoms with van der Waals surface area (Å²) in [6, 6.07) is 31.8. The molecule has 0 aromatic heterocycles. The summed E-state index contributed by atoms with van der Waals surface area (Å²) < 4.78 is 6.36. The van der Waals surface area contributed by atoms with Gasteiger partial charge in [-0.15, -0.1) is 0 Å². The lowest BCUT2D eigenvalue weighted by Gasteiger charge is -2.17. The Labute approximate surface area is 133 Å². The Morgan fingerprint density at radius 2 is 1.05 bits per heavy atom.